The number of rotatable bonds is 7. The highest BCUT2D eigenvalue weighted by molar-refractivity contribution is 7.80. The molecule has 0 spiro atoms. The summed E-state index contributed by atoms with van der Waals surface area (Å²) in [5.74, 6) is 0.902. The van der Waals surface area contributed by atoms with Crippen LogP contribution in [0.2, 0.25) is 0 Å². The average Bonchev–Trinajstić information content (AvgIpc) is 2.28. The van der Waals surface area contributed by atoms with Crippen molar-refractivity contribution in [2.75, 3.05) is 20.7 Å². The van der Waals surface area contributed by atoms with E-state index in [2.05, 4.69) is 24.1 Å². The Bertz CT molecular complexity index is 368. The van der Waals surface area contributed by atoms with Crippen LogP contribution in [0.15, 0.2) is 24.3 Å². The van der Waals surface area contributed by atoms with Gasteiger partial charge in [0, 0.05) is 6.54 Å². The zero-order valence-corrected chi connectivity index (χ0v) is 11.3. The van der Waals surface area contributed by atoms with Gasteiger partial charge in [0.2, 0.25) is 0 Å². The molecule has 2 N–H and O–H groups in total. The molecule has 0 aliphatic rings. The van der Waals surface area contributed by atoms with Crippen LogP contribution in [0.1, 0.15) is 18.4 Å². The summed E-state index contributed by atoms with van der Waals surface area (Å²) in [5.41, 5.74) is 6.72. The molecule has 1 rings (SSSR count). The van der Waals surface area contributed by atoms with E-state index >= 15 is 0 Å². The number of hydrogen-bond donors (Lipinski definition) is 1. The Morgan fingerprint density at radius 3 is 2.88 bits per heavy atom. The quantitative estimate of drug-likeness (QED) is 0.755. The van der Waals surface area contributed by atoms with Crippen LogP contribution in [-0.2, 0) is 6.54 Å². The molecule has 0 saturated heterocycles. The second-order valence-corrected chi connectivity index (χ2v) is 4.68. The molecule has 1 aromatic rings. The predicted octanol–water partition coefficient (Wildman–Crippen LogP) is 2.19. The van der Waals surface area contributed by atoms with Gasteiger partial charge in [-0.2, -0.15) is 0 Å². The summed E-state index contributed by atoms with van der Waals surface area (Å²) in [5, 5.41) is 0. The molecule has 0 bridgehead atoms. The Balaban J connectivity index is 2.38. The number of benzene rings is 1. The van der Waals surface area contributed by atoms with Gasteiger partial charge in [-0.25, -0.2) is 0 Å². The van der Waals surface area contributed by atoms with Gasteiger partial charge in [-0.15, -0.1) is 0 Å². The largest absolute Gasteiger partial charge is 0.497 e. The fourth-order valence-corrected chi connectivity index (χ4v) is 1.83. The van der Waals surface area contributed by atoms with Crippen molar-refractivity contribution in [2.45, 2.75) is 19.4 Å². The maximum Gasteiger partial charge on any atom is 0.119 e. The molecular formula is C13H20N2OS. The maximum atomic E-state index is 5.47. The van der Waals surface area contributed by atoms with Gasteiger partial charge < -0.3 is 15.4 Å². The molecule has 0 heterocycles. The summed E-state index contributed by atoms with van der Waals surface area (Å²) in [6, 6.07) is 8.13. The normalized spacial score (nSPS) is 10.5. The second kappa shape index (κ2) is 7.25. The third-order valence-electron chi connectivity index (χ3n) is 2.55. The molecule has 3 nitrogen and oxygen atoms in total. The first-order valence-electron chi connectivity index (χ1n) is 5.71. The average molecular weight is 252 g/mol. The standard InChI is InChI=1S/C13H20N2OS/c1-15(8-4-7-13(14)17)10-11-5-3-6-12(9-11)16-2/h3,5-6,9H,4,7-8,10H2,1-2H3,(H2,14,17). The van der Waals surface area contributed by atoms with Gasteiger partial charge in [0.25, 0.3) is 0 Å². The van der Waals surface area contributed by atoms with E-state index in [9.17, 15) is 0 Å². The van der Waals surface area contributed by atoms with Crippen LogP contribution in [0, 0.1) is 0 Å². The summed E-state index contributed by atoms with van der Waals surface area (Å²) < 4.78 is 5.20. The zero-order chi connectivity index (χ0) is 12.7. The number of hydrogen-bond acceptors (Lipinski definition) is 3. The Labute approximate surface area is 109 Å². The summed E-state index contributed by atoms with van der Waals surface area (Å²) in [6.07, 6.45) is 1.83. The first-order chi connectivity index (χ1) is 8.11. The van der Waals surface area contributed by atoms with Crippen LogP contribution in [0.25, 0.3) is 0 Å². The van der Waals surface area contributed by atoms with Crippen molar-refractivity contribution in [2.24, 2.45) is 5.73 Å². The third kappa shape index (κ3) is 5.65. The highest BCUT2D eigenvalue weighted by Gasteiger charge is 2.02. The number of ether oxygens (including phenoxy) is 1. The lowest BCUT2D eigenvalue weighted by atomic mass is 10.2. The number of methoxy groups -OCH3 is 1. The van der Waals surface area contributed by atoms with Crippen molar-refractivity contribution >= 4 is 17.2 Å². The van der Waals surface area contributed by atoms with Crippen molar-refractivity contribution in [3.8, 4) is 5.75 Å². The molecule has 0 fully saturated rings. The number of nitrogens with zero attached hydrogens (tertiary/aromatic N) is 1. The lowest BCUT2D eigenvalue weighted by Gasteiger charge is -2.16. The second-order valence-electron chi connectivity index (χ2n) is 4.16. The van der Waals surface area contributed by atoms with Crippen LogP contribution < -0.4 is 10.5 Å². The Kier molecular flexibility index (Phi) is 5.94. The van der Waals surface area contributed by atoms with Crippen LogP contribution in [-0.4, -0.2) is 30.6 Å². The molecule has 17 heavy (non-hydrogen) atoms. The van der Waals surface area contributed by atoms with Crippen molar-refractivity contribution in [3.05, 3.63) is 29.8 Å². The molecule has 0 unspecified atom stereocenters. The Morgan fingerprint density at radius 1 is 1.47 bits per heavy atom. The van der Waals surface area contributed by atoms with Gasteiger partial charge in [-0.05, 0) is 44.1 Å². The number of thiocarbonyl (C=S) groups is 1. The van der Waals surface area contributed by atoms with Crippen molar-refractivity contribution in [1.29, 1.82) is 0 Å². The van der Waals surface area contributed by atoms with Gasteiger partial charge in [0.15, 0.2) is 0 Å². The zero-order valence-electron chi connectivity index (χ0n) is 10.5. The molecular weight excluding hydrogens is 232 g/mol. The van der Waals surface area contributed by atoms with E-state index in [0.717, 1.165) is 31.7 Å². The van der Waals surface area contributed by atoms with Crippen molar-refractivity contribution < 1.29 is 4.74 Å². The molecule has 0 aliphatic carbocycles. The minimum atomic E-state index is 0.597. The van der Waals surface area contributed by atoms with Gasteiger partial charge in [0.1, 0.15) is 5.75 Å². The van der Waals surface area contributed by atoms with Gasteiger partial charge in [-0.1, -0.05) is 24.4 Å². The van der Waals surface area contributed by atoms with Crippen LogP contribution in [0.4, 0.5) is 0 Å². The summed E-state index contributed by atoms with van der Waals surface area (Å²) in [4.78, 5) is 2.85. The van der Waals surface area contributed by atoms with E-state index in [-0.39, 0.29) is 0 Å². The molecule has 94 valence electrons. The van der Waals surface area contributed by atoms with Crippen molar-refractivity contribution in [3.63, 3.8) is 0 Å². The van der Waals surface area contributed by atoms with E-state index in [1.165, 1.54) is 5.56 Å². The van der Waals surface area contributed by atoms with E-state index in [4.69, 9.17) is 22.7 Å². The summed E-state index contributed by atoms with van der Waals surface area (Å²) >= 11 is 4.85. The number of nitrogens with two attached hydrogens (primary N) is 1. The van der Waals surface area contributed by atoms with Gasteiger partial charge >= 0.3 is 0 Å². The van der Waals surface area contributed by atoms with E-state index in [1.54, 1.807) is 7.11 Å². The minimum Gasteiger partial charge on any atom is -0.497 e. The SMILES string of the molecule is COc1cccc(CN(C)CCCC(N)=S)c1. The van der Waals surface area contributed by atoms with E-state index in [0.29, 0.717) is 4.99 Å². The molecule has 0 radical (unpaired) electrons. The fraction of sp³-hybridized carbons (Fsp3) is 0.462. The van der Waals surface area contributed by atoms with E-state index in [1.807, 2.05) is 12.1 Å². The highest BCUT2D eigenvalue weighted by Crippen LogP contribution is 2.13. The van der Waals surface area contributed by atoms with Crippen LogP contribution >= 0.6 is 12.2 Å². The monoisotopic (exact) mass is 252 g/mol. The first-order valence-corrected chi connectivity index (χ1v) is 6.12. The Morgan fingerprint density at radius 2 is 2.24 bits per heavy atom. The predicted molar refractivity (Wildman–Crippen MR) is 75.3 cm³/mol. The van der Waals surface area contributed by atoms with Crippen LogP contribution in [0.3, 0.4) is 0 Å². The third-order valence-corrected chi connectivity index (χ3v) is 2.75. The molecule has 0 aliphatic heterocycles. The molecule has 0 saturated carbocycles. The Hall–Kier alpha value is -1.13. The van der Waals surface area contributed by atoms with Gasteiger partial charge in [0.05, 0.1) is 12.1 Å². The van der Waals surface area contributed by atoms with Crippen LogP contribution in [0.5, 0.6) is 5.75 Å². The molecule has 0 amide bonds. The lowest BCUT2D eigenvalue weighted by Crippen LogP contribution is -2.20. The minimum absolute atomic E-state index is 0.597. The fourth-order valence-electron chi connectivity index (χ4n) is 1.68. The topological polar surface area (TPSA) is 38.5 Å². The molecule has 4 heteroatoms. The summed E-state index contributed by atoms with van der Waals surface area (Å²) in [7, 11) is 3.78. The highest BCUT2D eigenvalue weighted by atomic mass is 32.1. The smallest absolute Gasteiger partial charge is 0.119 e. The van der Waals surface area contributed by atoms with Gasteiger partial charge in [-0.3, -0.25) is 0 Å². The molecule has 0 atom stereocenters. The molecule has 0 aromatic heterocycles. The summed E-state index contributed by atoms with van der Waals surface area (Å²) in [6.45, 7) is 1.91. The molecule has 1 aromatic carbocycles. The lowest BCUT2D eigenvalue weighted by molar-refractivity contribution is 0.323. The maximum absolute atomic E-state index is 5.47. The van der Waals surface area contributed by atoms with E-state index < -0.39 is 0 Å². The van der Waals surface area contributed by atoms with Crippen molar-refractivity contribution in [1.82, 2.24) is 4.90 Å². The first kappa shape index (κ1) is 13.9.